The summed E-state index contributed by atoms with van der Waals surface area (Å²) in [4.78, 5) is 28.1. The van der Waals surface area contributed by atoms with Crippen LogP contribution in [0.2, 0.25) is 0 Å². The highest BCUT2D eigenvalue weighted by Gasteiger charge is 2.39. The van der Waals surface area contributed by atoms with Gasteiger partial charge >= 0.3 is 0 Å². The van der Waals surface area contributed by atoms with Crippen LogP contribution in [0, 0.1) is 27.7 Å². The number of anilines is 1. The van der Waals surface area contributed by atoms with Crippen LogP contribution in [0.25, 0.3) is 5.57 Å². The third-order valence-electron chi connectivity index (χ3n) is 5.77. The minimum atomic E-state index is -0.282. The minimum absolute atomic E-state index is 0.251. The zero-order valence-electron chi connectivity index (χ0n) is 19.9. The summed E-state index contributed by atoms with van der Waals surface area (Å²) in [5.74, 6) is -0.533. The Hall–Kier alpha value is -2.92. The molecule has 0 saturated heterocycles. The van der Waals surface area contributed by atoms with Gasteiger partial charge in [-0.05, 0) is 80.5 Å². The van der Waals surface area contributed by atoms with Crippen LogP contribution in [0.3, 0.4) is 0 Å². The summed E-state index contributed by atoms with van der Waals surface area (Å²) in [6.45, 7) is 11.8. The Labute approximate surface area is 191 Å². The molecule has 1 aliphatic heterocycles. The average Bonchev–Trinajstić information content (AvgIpc) is 2.96. The summed E-state index contributed by atoms with van der Waals surface area (Å²) in [5.41, 5.74) is 6.78. The Kier molecular flexibility index (Phi) is 7.86. The molecular weight excluding hydrogens is 400 g/mol. The SMILES string of the molecule is CCCCOCCCN1C(=O)C(Nc2cc(C)cc(C)c2)=C(c2ccc(C)c(C)c2)C1=O. The second-order valence-corrected chi connectivity index (χ2v) is 8.63. The smallest absolute Gasteiger partial charge is 0.278 e. The molecule has 5 nitrogen and oxygen atoms in total. The molecule has 32 heavy (non-hydrogen) atoms. The summed E-state index contributed by atoms with van der Waals surface area (Å²) in [7, 11) is 0. The second kappa shape index (κ2) is 10.6. The number of hydrogen-bond donors (Lipinski definition) is 1. The van der Waals surface area contributed by atoms with Gasteiger partial charge in [0.15, 0.2) is 0 Å². The highest BCUT2D eigenvalue weighted by Crippen LogP contribution is 2.32. The molecule has 0 radical (unpaired) electrons. The van der Waals surface area contributed by atoms with Gasteiger partial charge < -0.3 is 10.1 Å². The van der Waals surface area contributed by atoms with E-state index in [1.807, 2.05) is 58.0 Å². The van der Waals surface area contributed by atoms with Crippen molar-refractivity contribution in [3.8, 4) is 0 Å². The van der Waals surface area contributed by atoms with Crippen LogP contribution >= 0.6 is 0 Å². The Morgan fingerprint density at radius 2 is 1.53 bits per heavy atom. The highest BCUT2D eigenvalue weighted by atomic mass is 16.5. The Balaban J connectivity index is 1.89. The van der Waals surface area contributed by atoms with Crippen LogP contribution in [0.1, 0.15) is 54.0 Å². The van der Waals surface area contributed by atoms with Crippen LogP contribution in [0.4, 0.5) is 5.69 Å². The summed E-state index contributed by atoms with van der Waals surface area (Å²) in [6, 6.07) is 11.9. The first-order valence-corrected chi connectivity index (χ1v) is 11.4. The molecule has 2 aromatic carbocycles. The van der Waals surface area contributed by atoms with Crippen molar-refractivity contribution in [1.82, 2.24) is 4.90 Å². The van der Waals surface area contributed by atoms with Crippen molar-refractivity contribution in [2.75, 3.05) is 25.1 Å². The van der Waals surface area contributed by atoms with Crippen molar-refractivity contribution in [1.29, 1.82) is 0 Å². The number of carbonyl (C=O) groups is 2. The van der Waals surface area contributed by atoms with E-state index in [1.165, 1.54) is 4.90 Å². The van der Waals surface area contributed by atoms with E-state index in [0.717, 1.165) is 46.3 Å². The topological polar surface area (TPSA) is 58.6 Å². The van der Waals surface area contributed by atoms with Crippen molar-refractivity contribution in [3.63, 3.8) is 0 Å². The Morgan fingerprint density at radius 3 is 2.19 bits per heavy atom. The van der Waals surface area contributed by atoms with Gasteiger partial charge in [-0.1, -0.05) is 37.6 Å². The largest absolute Gasteiger partial charge is 0.381 e. The monoisotopic (exact) mass is 434 g/mol. The van der Waals surface area contributed by atoms with Gasteiger partial charge in [0.25, 0.3) is 11.8 Å². The highest BCUT2D eigenvalue weighted by molar-refractivity contribution is 6.36. The Bertz CT molecular complexity index is 1020. The maximum absolute atomic E-state index is 13.4. The standard InChI is InChI=1S/C27H34N2O3/c1-6-7-12-32-13-8-11-29-26(30)24(22-10-9-20(4)21(5)17-22)25(27(29)31)28-23-15-18(2)14-19(3)16-23/h9-10,14-17,28H,6-8,11-13H2,1-5H3. The molecule has 1 aliphatic rings. The molecule has 0 aliphatic carbocycles. The van der Waals surface area contributed by atoms with E-state index in [1.54, 1.807) is 0 Å². The lowest BCUT2D eigenvalue weighted by molar-refractivity contribution is -0.137. The molecular formula is C27H34N2O3. The van der Waals surface area contributed by atoms with Gasteiger partial charge in [-0.15, -0.1) is 0 Å². The van der Waals surface area contributed by atoms with E-state index in [4.69, 9.17) is 4.74 Å². The van der Waals surface area contributed by atoms with Crippen LogP contribution in [0.5, 0.6) is 0 Å². The van der Waals surface area contributed by atoms with E-state index in [0.29, 0.717) is 37.4 Å². The number of amides is 2. The summed E-state index contributed by atoms with van der Waals surface area (Å²) < 4.78 is 5.62. The first-order valence-electron chi connectivity index (χ1n) is 11.4. The van der Waals surface area contributed by atoms with Crippen molar-refractivity contribution in [2.24, 2.45) is 0 Å². The zero-order valence-corrected chi connectivity index (χ0v) is 19.9. The molecule has 5 heteroatoms. The fraction of sp³-hybridized carbons (Fsp3) is 0.407. The van der Waals surface area contributed by atoms with E-state index in [-0.39, 0.29) is 11.8 Å². The second-order valence-electron chi connectivity index (χ2n) is 8.63. The Morgan fingerprint density at radius 1 is 0.844 bits per heavy atom. The zero-order chi connectivity index (χ0) is 23.3. The van der Waals surface area contributed by atoms with Crippen LogP contribution in [0.15, 0.2) is 42.1 Å². The number of benzene rings is 2. The molecule has 2 aromatic rings. The number of unbranched alkanes of at least 4 members (excludes halogenated alkanes) is 1. The van der Waals surface area contributed by atoms with Gasteiger partial charge in [-0.25, -0.2) is 0 Å². The predicted octanol–water partition coefficient (Wildman–Crippen LogP) is 5.32. The molecule has 3 rings (SSSR count). The van der Waals surface area contributed by atoms with Crippen molar-refractivity contribution < 1.29 is 14.3 Å². The minimum Gasteiger partial charge on any atom is -0.381 e. The molecule has 0 aromatic heterocycles. The number of hydrogen-bond acceptors (Lipinski definition) is 4. The first-order chi connectivity index (χ1) is 15.3. The molecule has 2 amide bonds. The van der Waals surface area contributed by atoms with Crippen molar-refractivity contribution in [2.45, 2.75) is 53.9 Å². The molecule has 0 spiro atoms. The number of imide groups is 1. The van der Waals surface area contributed by atoms with E-state index in [2.05, 4.69) is 18.3 Å². The molecule has 0 bridgehead atoms. The third-order valence-corrected chi connectivity index (χ3v) is 5.77. The molecule has 1 N–H and O–H groups in total. The van der Waals surface area contributed by atoms with Gasteiger partial charge in [0.2, 0.25) is 0 Å². The lowest BCUT2D eigenvalue weighted by atomic mass is 9.99. The van der Waals surface area contributed by atoms with Gasteiger partial charge in [0, 0.05) is 25.4 Å². The maximum Gasteiger partial charge on any atom is 0.278 e. The van der Waals surface area contributed by atoms with Gasteiger partial charge in [0.05, 0.1) is 5.57 Å². The maximum atomic E-state index is 13.4. The average molecular weight is 435 g/mol. The van der Waals surface area contributed by atoms with Crippen molar-refractivity contribution >= 4 is 23.1 Å². The van der Waals surface area contributed by atoms with Gasteiger partial charge in [-0.3, -0.25) is 14.5 Å². The van der Waals surface area contributed by atoms with Crippen LogP contribution in [-0.4, -0.2) is 36.5 Å². The third kappa shape index (κ3) is 5.46. The molecule has 170 valence electrons. The van der Waals surface area contributed by atoms with E-state index < -0.39 is 0 Å². The fourth-order valence-corrected chi connectivity index (χ4v) is 3.92. The predicted molar refractivity (Wildman–Crippen MR) is 129 cm³/mol. The summed E-state index contributed by atoms with van der Waals surface area (Å²) in [5, 5.41) is 3.27. The molecule has 0 unspecified atom stereocenters. The summed E-state index contributed by atoms with van der Waals surface area (Å²) in [6.07, 6.45) is 2.72. The molecule has 1 heterocycles. The number of carbonyl (C=O) groups excluding carboxylic acids is 2. The van der Waals surface area contributed by atoms with Crippen LogP contribution < -0.4 is 5.32 Å². The molecule has 0 fully saturated rings. The normalized spacial score (nSPS) is 14.0. The number of ether oxygens (including phenoxy) is 1. The summed E-state index contributed by atoms with van der Waals surface area (Å²) >= 11 is 0. The molecule has 0 saturated carbocycles. The first kappa shape index (κ1) is 23.7. The number of nitrogens with zero attached hydrogens (tertiary/aromatic N) is 1. The van der Waals surface area contributed by atoms with E-state index in [9.17, 15) is 9.59 Å². The van der Waals surface area contributed by atoms with Crippen molar-refractivity contribution in [3.05, 3.63) is 69.9 Å². The fourth-order valence-electron chi connectivity index (χ4n) is 3.92. The lowest BCUT2D eigenvalue weighted by Gasteiger charge is -2.15. The van der Waals surface area contributed by atoms with Gasteiger partial charge in [-0.2, -0.15) is 0 Å². The molecule has 0 atom stereocenters. The van der Waals surface area contributed by atoms with Crippen LogP contribution in [-0.2, 0) is 14.3 Å². The number of aryl methyl sites for hydroxylation is 4. The van der Waals surface area contributed by atoms with Gasteiger partial charge in [0.1, 0.15) is 5.70 Å². The van der Waals surface area contributed by atoms with E-state index >= 15 is 0 Å². The number of nitrogens with one attached hydrogen (secondary N) is 1. The quantitative estimate of drug-likeness (QED) is 0.406. The lowest BCUT2D eigenvalue weighted by Crippen LogP contribution is -2.34. The number of rotatable bonds is 10.